The number of rotatable bonds is 3. The lowest BCUT2D eigenvalue weighted by Crippen LogP contribution is -2.01. The van der Waals surface area contributed by atoms with E-state index in [9.17, 15) is 0 Å². The molecule has 0 atom stereocenters. The first-order chi connectivity index (χ1) is 7.25. The van der Waals surface area contributed by atoms with Gasteiger partial charge in [0.15, 0.2) is 0 Å². The Bertz CT molecular complexity index is 433. The minimum atomic E-state index is 0.348. The summed E-state index contributed by atoms with van der Waals surface area (Å²) in [6, 6.07) is 10.3. The first-order valence-electron chi connectivity index (χ1n) is 4.95. The van der Waals surface area contributed by atoms with Crippen molar-refractivity contribution in [3.05, 3.63) is 41.7 Å². The van der Waals surface area contributed by atoms with Gasteiger partial charge in [0, 0.05) is 13.5 Å². The van der Waals surface area contributed by atoms with Crippen LogP contribution in [-0.4, -0.2) is 14.8 Å². The molecule has 1 aromatic heterocycles. The third-order valence-electron chi connectivity index (χ3n) is 2.35. The van der Waals surface area contributed by atoms with Crippen molar-refractivity contribution in [1.29, 1.82) is 0 Å². The predicted octanol–water partition coefficient (Wildman–Crippen LogP) is 1.18. The minimum absolute atomic E-state index is 0.348. The van der Waals surface area contributed by atoms with Crippen LogP contribution < -0.4 is 5.73 Å². The molecule has 0 aliphatic heterocycles. The largest absolute Gasteiger partial charge is 0.366 e. The van der Waals surface area contributed by atoms with E-state index in [1.807, 2.05) is 25.2 Å². The van der Waals surface area contributed by atoms with Crippen molar-refractivity contribution in [2.24, 2.45) is 7.05 Å². The summed E-state index contributed by atoms with van der Waals surface area (Å²) in [5.74, 6) is 1.27. The lowest BCUT2D eigenvalue weighted by molar-refractivity contribution is 0.694. The van der Waals surface area contributed by atoms with Gasteiger partial charge in [-0.3, -0.25) is 4.68 Å². The molecule has 0 amide bonds. The molecule has 0 bridgehead atoms. The molecular weight excluding hydrogens is 188 g/mol. The summed E-state index contributed by atoms with van der Waals surface area (Å²) in [6.45, 7) is 0. The fraction of sp³-hybridized carbons (Fsp3) is 0.273. The van der Waals surface area contributed by atoms with E-state index in [0.717, 1.165) is 18.7 Å². The molecule has 2 N–H and O–H groups in total. The van der Waals surface area contributed by atoms with Gasteiger partial charge in [0.2, 0.25) is 5.95 Å². The van der Waals surface area contributed by atoms with Crippen LogP contribution in [0.1, 0.15) is 11.4 Å². The first-order valence-corrected chi connectivity index (χ1v) is 4.95. The van der Waals surface area contributed by atoms with Gasteiger partial charge in [0.25, 0.3) is 0 Å². The van der Waals surface area contributed by atoms with Crippen molar-refractivity contribution in [3.63, 3.8) is 0 Å². The van der Waals surface area contributed by atoms with Crippen molar-refractivity contribution in [2.75, 3.05) is 5.73 Å². The van der Waals surface area contributed by atoms with Crippen LogP contribution in [0.4, 0.5) is 5.95 Å². The van der Waals surface area contributed by atoms with Crippen LogP contribution in [0.2, 0.25) is 0 Å². The number of hydrogen-bond donors (Lipinski definition) is 1. The van der Waals surface area contributed by atoms with Crippen LogP contribution in [0.5, 0.6) is 0 Å². The van der Waals surface area contributed by atoms with Gasteiger partial charge in [-0.25, -0.2) is 0 Å². The lowest BCUT2D eigenvalue weighted by Gasteiger charge is -2.00. The molecule has 0 spiro atoms. The highest BCUT2D eigenvalue weighted by Gasteiger charge is 2.03. The fourth-order valence-corrected chi connectivity index (χ4v) is 1.56. The Balaban J connectivity index is 2.02. The van der Waals surface area contributed by atoms with E-state index in [-0.39, 0.29) is 0 Å². The summed E-state index contributed by atoms with van der Waals surface area (Å²) in [7, 11) is 1.86. The second kappa shape index (κ2) is 4.13. The third-order valence-corrected chi connectivity index (χ3v) is 2.35. The van der Waals surface area contributed by atoms with Crippen molar-refractivity contribution in [2.45, 2.75) is 12.8 Å². The van der Waals surface area contributed by atoms with Crippen LogP contribution >= 0.6 is 0 Å². The molecule has 2 rings (SSSR count). The molecule has 1 aromatic carbocycles. The SMILES string of the molecule is Cn1nc(N)nc1CCc1ccccc1. The van der Waals surface area contributed by atoms with Gasteiger partial charge in [-0.05, 0) is 12.0 Å². The van der Waals surface area contributed by atoms with E-state index < -0.39 is 0 Å². The maximum atomic E-state index is 5.51. The molecule has 0 saturated carbocycles. The zero-order chi connectivity index (χ0) is 10.7. The van der Waals surface area contributed by atoms with Crippen molar-refractivity contribution >= 4 is 5.95 Å². The van der Waals surface area contributed by atoms with Gasteiger partial charge in [0.05, 0.1) is 0 Å². The molecule has 0 fully saturated rings. The van der Waals surface area contributed by atoms with Crippen LogP contribution in [0, 0.1) is 0 Å². The second-order valence-corrected chi connectivity index (χ2v) is 3.50. The fourth-order valence-electron chi connectivity index (χ4n) is 1.56. The van der Waals surface area contributed by atoms with Gasteiger partial charge >= 0.3 is 0 Å². The molecule has 78 valence electrons. The Kier molecular flexibility index (Phi) is 2.67. The molecule has 0 saturated heterocycles. The Labute approximate surface area is 88.8 Å². The number of nitrogen functional groups attached to an aromatic ring is 1. The second-order valence-electron chi connectivity index (χ2n) is 3.50. The highest BCUT2D eigenvalue weighted by Crippen LogP contribution is 2.05. The van der Waals surface area contributed by atoms with Gasteiger partial charge < -0.3 is 5.73 Å². The number of nitrogens with two attached hydrogens (primary N) is 1. The van der Waals surface area contributed by atoms with Gasteiger partial charge in [-0.1, -0.05) is 30.3 Å². The summed E-state index contributed by atoms with van der Waals surface area (Å²) in [4.78, 5) is 4.15. The Morgan fingerprint density at radius 3 is 2.53 bits per heavy atom. The van der Waals surface area contributed by atoms with Crippen molar-refractivity contribution in [1.82, 2.24) is 14.8 Å². The summed E-state index contributed by atoms with van der Waals surface area (Å²) in [6.07, 6.45) is 1.83. The molecule has 4 heteroatoms. The minimum Gasteiger partial charge on any atom is -0.366 e. The summed E-state index contributed by atoms with van der Waals surface area (Å²) < 4.78 is 1.73. The number of hydrogen-bond acceptors (Lipinski definition) is 3. The maximum absolute atomic E-state index is 5.51. The quantitative estimate of drug-likeness (QED) is 0.813. The molecule has 1 heterocycles. The lowest BCUT2D eigenvalue weighted by atomic mass is 10.1. The van der Waals surface area contributed by atoms with Gasteiger partial charge in [0.1, 0.15) is 5.82 Å². The molecule has 0 radical (unpaired) electrons. The Hall–Kier alpha value is -1.84. The van der Waals surface area contributed by atoms with Crippen molar-refractivity contribution in [3.8, 4) is 0 Å². The summed E-state index contributed by atoms with van der Waals surface area (Å²) >= 11 is 0. The summed E-state index contributed by atoms with van der Waals surface area (Å²) in [5.41, 5.74) is 6.81. The van der Waals surface area contributed by atoms with Crippen LogP contribution in [0.25, 0.3) is 0 Å². The van der Waals surface area contributed by atoms with E-state index in [2.05, 4.69) is 22.2 Å². The molecule has 0 unspecified atom stereocenters. The van der Waals surface area contributed by atoms with E-state index in [4.69, 9.17) is 5.73 Å². The average Bonchev–Trinajstić information content (AvgIpc) is 2.56. The van der Waals surface area contributed by atoms with Gasteiger partial charge in [-0.2, -0.15) is 4.98 Å². The Morgan fingerprint density at radius 1 is 1.20 bits per heavy atom. The molecule has 2 aromatic rings. The monoisotopic (exact) mass is 202 g/mol. The number of aromatic nitrogens is 3. The zero-order valence-electron chi connectivity index (χ0n) is 8.72. The van der Waals surface area contributed by atoms with Crippen LogP contribution in [0.15, 0.2) is 30.3 Å². The van der Waals surface area contributed by atoms with Gasteiger partial charge in [-0.15, -0.1) is 5.10 Å². The standard InChI is InChI=1S/C11H14N4/c1-15-10(13-11(12)14-15)8-7-9-5-3-2-4-6-9/h2-6H,7-8H2,1H3,(H2,12,14). The van der Waals surface area contributed by atoms with Crippen LogP contribution in [0.3, 0.4) is 0 Å². The third kappa shape index (κ3) is 2.34. The molecule has 0 aliphatic carbocycles. The molecular formula is C11H14N4. The van der Waals surface area contributed by atoms with E-state index in [1.54, 1.807) is 4.68 Å². The normalized spacial score (nSPS) is 10.5. The number of aryl methyl sites for hydroxylation is 3. The number of benzene rings is 1. The number of anilines is 1. The van der Waals surface area contributed by atoms with E-state index >= 15 is 0 Å². The number of nitrogens with zero attached hydrogens (tertiary/aromatic N) is 3. The summed E-state index contributed by atoms with van der Waals surface area (Å²) in [5, 5.41) is 4.01. The maximum Gasteiger partial charge on any atom is 0.239 e. The van der Waals surface area contributed by atoms with Crippen molar-refractivity contribution < 1.29 is 0 Å². The highest BCUT2D eigenvalue weighted by atomic mass is 15.4. The smallest absolute Gasteiger partial charge is 0.239 e. The van der Waals surface area contributed by atoms with E-state index in [0.29, 0.717) is 5.95 Å². The van der Waals surface area contributed by atoms with E-state index in [1.165, 1.54) is 5.56 Å². The predicted molar refractivity (Wildman–Crippen MR) is 59.3 cm³/mol. The topological polar surface area (TPSA) is 56.7 Å². The molecule has 15 heavy (non-hydrogen) atoms. The van der Waals surface area contributed by atoms with Crippen LogP contribution in [-0.2, 0) is 19.9 Å². The zero-order valence-corrected chi connectivity index (χ0v) is 8.72. The average molecular weight is 202 g/mol. The molecule has 4 nitrogen and oxygen atoms in total. The Morgan fingerprint density at radius 2 is 1.93 bits per heavy atom. The highest BCUT2D eigenvalue weighted by molar-refractivity contribution is 5.17. The first kappa shape index (κ1) is 9.71. The molecule has 0 aliphatic rings.